The molecule has 0 aromatic carbocycles. The van der Waals surface area contributed by atoms with Crippen LogP contribution in [0.4, 0.5) is 0 Å². The lowest BCUT2D eigenvalue weighted by Crippen LogP contribution is -1.93. The highest BCUT2D eigenvalue weighted by Crippen LogP contribution is 2.12. The van der Waals surface area contributed by atoms with Crippen molar-refractivity contribution in [2.24, 2.45) is 0 Å². The van der Waals surface area contributed by atoms with Crippen molar-refractivity contribution in [3.8, 4) is 0 Å². The zero-order valence-electron chi connectivity index (χ0n) is 16.6. The largest absolute Gasteiger partial charge is 0.481 e. The molecular formula is C22H40O4. The number of hydrogen-bond donors (Lipinski definition) is 2. The van der Waals surface area contributed by atoms with E-state index in [0.29, 0.717) is 12.8 Å². The van der Waals surface area contributed by atoms with Gasteiger partial charge in [-0.2, -0.15) is 0 Å². The Morgan fingerprint density at radius 2 is 0.731 bits per heavy atom. The average Bonchev–Trinajstić information content (AvgIpc) is 2.59. The molecule has 0 bridgehead atoms. The first-order valence-corrected chi connectivity index (χ1v) is 10.7. The maximum Gasteiger partial charge on any atom is 0.303 e. The zero-order valence-corrected chi connectivity index (χ0v) is 16.6. The topological polar surface area (TPSA) is 74.6 Å². The van der Waals surface area contributed by atoms with Gasteiger partial charge in [0.1, 0.15) is 0 Å². The van der Waals surface area contributed by atoms with Crippen molar-refractivity contribution in [1.29, 1.82) is 0 Å². The fourth-order valence-electron chi connectivity index (χ4n) is 3.08. The van der Waals surface area contributed by atoms with Crippen LogP contribution in [0.1, 0.15) is 116 Å². The van der Waals surface area contributed by atoms with Crippen molar-refractivity contribution in [2.75, 3.05) is 0 Å². The van der Waals surface area contributed by atoms with Crippen molar-refractivity contribution in [3.63, 3.8) is 0 Å². The number of carboxylic acids is 2. The van der Waals surface area contributed by atoms with Gasteiger partial charge in [-0.05, 0) is 38.5 Å². The molecule has 0 spiro atoms. The Hall–Kier alpha value is -1.32. The molecule has 4 heteroatoms. The summed E-state index contributed by atoms with van der Waals surface area (Å²) in [5.41, 5.74) is 0. The summed E-state index contributed by atoms with van der Waals surface area (Å²) < 4.78 is 0. The number of rotatable bonds is 20. The summed E-state index contributed by atoms with van der Waals surface area (Å²) in [6.07, 6.45) is 23.8. The minimum atomic E-state index is -0.680. The van der Waals surface area contributed by atoms with Gasteiger partial charge >= 0.3 is 11.9 Å². The Labute approximate surface area is 160 Å². The fourth-order valence-corrected chi connectivity index (χ4v) is 3.08. The van der Waals surface area contributed by atoms with Crippen LogP contribution in [0.25, 0.3) is 0 Å². The molecule has 0 unspecified atom stereocenters. The van der Waals surface area contributed by atoms with E-state index in [-0.39, 0.29) is 0 Å². The number of hydrogen-bond acceptors (Lipinski definition) is 2. The monoisotopic (exact) mass is 368 g/mol. The molecule has 0 saturated heterocycles. The predicted molar refractivity (Wildman–Crippen MR) is 108 cm³/mol. The summed E-state index contributed by atoms with van der Waals surface area (Å²) >= 11 is 0. The highest BCUT2D eigenvalue weighted by molar-refractivity contribution is 5.66. The van der Waals surface area contributed by atoms with E-state index in [4.69, 9.17) is 10.2 Å². The molecule has 4 nitrogen and oxygen atoms in total. The first-order chi connectivity index (χ1) is 12.6. The third kappa shape index (κ3) is 22.7. The van der Waals surface area contributed by atoms with Gasteiger partial charge in [0.05, 0.1) is 0 Å². The summed E-state index contributed by atoms with van der Waals surface area (Å²) in [5.74, 6) is -1.35. The molecule has 0 saturated carbocycles. The lowest BCUT2D eigenvalue weighted by molar-refractivity contribution is -0.138. The molecule has 0 aliphatic heterocycles. The van der Waals surface area contributed by atoms with Crippen LogP contribution < -0.4 is 0 Å². The average molecular weight is 369 g/mol. The fraction of sp³-hybridized carbons (Fsp3) is 0.818. The number of carbonyl (C=O) groups is 2. The number of aliphatic carboxylic acids is 2. The molecule has 0 aliphatic carbocycles. The van der Waals surface area contributed by atoms with Crippen molar-refractivity contribution in [1.82, 2.24) is 0 Å². The number of carboxylic acid groups (broad SMARTS) is 2. The first-order valence-electron chi connectivity index (χ1n) is 10.7. The van der Waals surface area contributed by atoms with E-state index in [1.807, 2.05) is 0 Å². The van der Waals surface area contributed by atoms with E-state index in [2.05, 4.69) is 12.2 Å². The summed E-state index contributed by atoms with van der Waals surface area (Å²) in [6, 6.07) is 0. The van der Waals surface area contributed by atoms with Gasteiger partial charge in [0, 0.05) is 12.8 Å². The highest BCUT2D eigenvalue weighted by atomic mass is 16.4. The Balaban J connectivity index is 3.10. The zero-order chi connectivity index (χ0) is 19.3. The van der Waals surface area contributed by atoms with Crippen LogP contribution in [0, 0.1) is 0 Å². The van der Waals surface area contributed by atoms with Crippen molar-refractivity contribution in [2.45, 2.75) is 116 Å². The Kier molecular flexibility index (Phi) is 19.0. The highest BCUT2D eigenvalue weighted by Gasteiger charge is 1.97. The summed E-state index contributed by atoms with van der Waals surface area (Å²) in [6.45, 7) is 0. The van der Waals surface area contributed by atoms with Crippen molar-refractivity contribution >= 4 is 11.9 Å². The number of unbranched alkanes of at least 4 members (excludes halogenated alkanes) is 14. The summed E-state index contributed by atoms with van der Waals surface area (Å²) in [4.78, 5) is 20.8. The van der Waals surface area contributed by atoms with Crippen LogP contribution >= 0.6 is 0 Å². The molecule has 26 heavy (non-hydrogen) atoms. The van der Waals surface area contributed by atoms with Gasteiger partial charge in [-0.3, -0.25) is 9.59 Å². The minimum Gasteiger partial charge on any atom is -0.481 e. The maximum atomic E-state index is 10.4. The molecule has 0 heterocycles. The van der Waals surface area contributed by atoms with Gasteiger partial charge < -0.3 is 10.2 Å². The van der Waals surface area contributed by atoms with Crippen LogP contribution in [-0.2, 0) is 9.59 Å². The second-order valence-electron chi connectivity index (χ2n) is 7.29. The molecule has 0 aromatic heterocycles. The summed E-state index contributed by atoms with van der Waals surface area (Å²) in [7, 11) is 0. The van der Waals surface area contributed by atoms with Gasteiger partial charge in [0.2, 0.25) is 0 Å². The molecule has 0 aliphatic rings. The second-order valence-corrected chi connectivity index (χ2v) is 7.29. The van der Waals surface area contributed by atoms with E-state index >= 15 is 0 Å². The van der Waals surface area contributed by atoms with Crippen LogP contribution in [0.3, 0.4) is 0 Å². The van der Waals surface area contributed by atoms with Crippen LogP contribution in [-0.4, -0.2) is 22.2 Å². The SMILES string of the molecule is O=C(O)CCCCCCCC=CCCCCCCCCCCCC(=O)O. The van der Waals surface area contributed by atoms with Gasteiger partial charge in [0.25, 0.3) is 0 Å². The molecule has 0 radical (unpaired) electrons. The Morgan fingerprint density at radius 1 is 0.462 bits per heavy atom. The van der Waals surface area contributed by atoms with Crippen molar-refractivity contribution < 1.29 is 19.8 Å². The van der Waals surface area contributed by atoms with Gasteiger partial charge in [-0.15, -0.1) is 0 Å². The Morgan fingerprint density at radius 3 is 1.04 bits per heavy atom. The molecule has 0 fully saturated rings. The normalized spacial score (nSPS) is 11.2. The lowest BCUT2D eigenvalue weighted by atomic mass is 10.1. The predicted octanol–water partition coefficient (Wildman–Crippen LogP) is 6.73. The maximum absolute atomic E-state index is 10.4. The molecule has 152 valence electrons. The third-order valence-corrected chi connectivity index (χ3v) is 4.69. The summed E-state index contributed by atoms with van der Waals surface area (Å²) in [5, 5.41) is 17.1. The standard InChI is InChI=1S/C22H40O4/c23-21(24)19-17-15-13-11-9-7-5-3-1-2-4-6-8-10-12-14-16-18-20-22(25)26/h3,5H,1-2,4,6-20H2,(H,23,24)(H,25,26). The Bertz CT molecular complexity index is 363. The van der Waals surface area contributed by atoms with E-state index < -0.39 is 11.9 Å². The molecule has 2 N–H and O–H groups in total. The van der Waals surface area contributed by atoms with E-state index in [9.17, 15) is 9.59 Å². The number of allylic oxidation sites excluding steroid dienone is 2. The molecule has 0 rings (SSSR count). The van der Waals surface area contributed by atoms with E-state index in [0.717, 1.165) is 38.5 Å². The van der Waals surface area contributed by atoms with Gasteiger partial charge in [0.15, 0.2) is 0 Å². The lowest BCUT2D eigenvalue weighted by Gasteiger charge is -2.01. The van der Waals surface area contributed by atoms with Gasteiger partial charge in [-0.25, -0.2) is 0 Å². The minimum absolute atomic E-state index is 0.312. The van der Waals surface area contributed by atoms with Crippen LogP contribution in [0.15, 0.2) is 12.2 Å². The van der Waals surface area contributed by atoms with E-state index in [1.54, 1.807) is 0 Å². The van der Waals surface area contributed by atoms with Crippen molar-refractivity contribution in [3.05, 3.63) is 12.2 Å². The first kappa shape index (κ1) is 24.7. The molecule has 0 atom stereocenters. The third-order valence-electron chi connectivity index (χ3n) is 4.69. The van der Waals surface area contributed by atoms with Crippen LogP contribution in [0.5, 0.6) is 0 Å². The smallest absolute Gasteiger partial charge is 0.303 e. The van der Waals surface area contributed by atoms with Crippen LogP contribution in [0.2, 0.25) is 0 Å². The molecular weight excluding hydrogens is 328 g/mol. The quantitative estimate of drug-likeness (QED) is 0.184. The molecule has 0 amide bonds. The second kappa shape index (κ2) is 20.0. The molecule has 0 aromatic rings. The van der Waals surface area contributed by atoms with E-state index in [1.165, 1.54) is 64.2 Å². The van der Waals surface area contributed by atoms with Gasteiger partial charge in [-0.1, -0.05) is 76.4 Å².